The SMILES string of the molecule is Cc1cccc(NC(=O)c2cnc(N3CCN(c4ccccc4Cl)CC3)[nH]c2=O)c1. The molecular formula is C22H22ClN5O2. The molecular weight excluding hydrogens is 402 g/mol. The van der Waals surface area contributed by atoms with Gasteiger partial charge in [0.2, 0.25) is 5.95 Å². The molecule has 1 aliphatic heterocycles. The van der Waals surface area contributed by atoms with Crippen molar-refractivity contribution in [3.63, 3.8) is 0 Å². The first-order valence-corrected chi connectivity index (χ1v) is 10.1. The first-order valence-electron chi connectivity index (χ1n) is 9.73. The normalized spacial score (nSPS) is 13.9. The van der Waals surface area contributed by atoms with E-state index in [0.717, 1.165) is 29.4 Å². The lowest BCUT2D eigenvalue weighted by Gasteiger charge is -2.36. The molecule has 0 saturated carbocycles. The smallest absolute Gasteiger partial charge is 0.265 e. The minimum atomic E-state index is -0.482. The number of halogens is 1. The topological polar surface area (TPSA) is 81.3 Å². The van der Waals surface area contributed by atoms with Gasteiger partial charge in [0.05, 0.1) is 10.7 Å². The van der Waals surface area contributed by atoms with Gasteiger partial charge in [-0.3, -0.25) is 14.6 Å². The molecule has 0 radical (unpaired) electrons. The monoisotopic (exact) mass is 423 g/mol. The van der Waals surface area contributed by atoms with E-state index >= 15 is 0 Å². The van der Waals surface area contributed by atoms with Gasteiger partial charge in [0.25, 0.3) is 11.5 Å². The van der Waals surface area contributed by atoms with Crippen molar-refractivity contribution in [1.29, 1.82) is 0 Å². The summed E-state index contributed by atoms with van der Waals surface area (Å²) in [6.45, 7) is 4.81. The van der Waals surface area contributed by atoms with Crippen molar-refractivity contribution in [3.8, 4) is 0 Å². The second kappa shape index (κ2) is 8.59. The molecule has 1 aromatic heterocycles. The second-order valence-electron chi connectivity index (χ2n) is 7.20. The van der Waals surface area contributed by atoms with Gasteiger partial charge in [0, 0.05) is 38.1 Å². The molecule has 0 unspecified atom stereocenters. The summed E-state index contributed by atoms with van der Waals surface area (Å²) in [5.74, 6) is -0.0182. The van der Waals surface area contributed by atoms with Gasteiger partial charge in [-0.2, -0.15) is 0 Å². The number of hydrogen-bond acceptors (Lipinski definition) is 5. The van der Waals surface area contributed by atoms with Crippen molar-refractivity contribution in [2.75, 3.05) is 41.3 Å². The number of aryl methyl sites for hydroxylation is 1. The number of hydrogen-bond donors (Lipinski definition) is 2. The number of nitrogens with zero attached hydrogens (tertiary/aromatic N) is 3. The largest absolute Gasteiger partial charge is 0.367 e. The summed E-state index contributed by atoms with van der Waals surface area (Å²) >= 11 is 6.29. The fourth-order valence-corrected chi connectivity index (χ4v) is 3.75. The number of carbonyl (C=O) groups excluding carboxylic acids is 1. The molecule has 7 nitrogen and oxygen atoms in total. The van der Waals surface area contributed by atoms with E-state index in [1.54, 1.807) is 6.07 Å². The highest BCUT2D eigenvalue weighted by Crippen LogP contribution is 2.26. The summed E-state index contributed by atoms with van der Waals surface area (Å²) in [6.07, 6.45) is 1.33. The lowest BCUT2D eigenvalue weighted by molar-refractivity contribution is 0.102. The van der Waals surface area contributed by atoms with Gasteiger partial charge in [-0.15, -0.1) is 0 Å². The molecule has 0 atom stereocenters. The van der Waals surface area contributed by atoms with Crippen molar-refractivity contribution < 1.29 is 4.79 Å². The Kier molecular flexibility index (Phi) is 5.72. The predicted molar refractivity (Wildman–Crippen MR) is 120 cm³/mol. The van der Waals surface area contributed by atoms with E-state index in [2.05, 4.69) is 20.2 Å². The van der Waals surface area contributed by atoms with Crippen LogP contribution in [0.2, 0.25) is 5.02 Å². The number of rotatable bonds is 4. The molecule has 1 fully saturated rings. The molecule has 4 rings (SSSR count). The number of aromatic amines is 1. The van der Waals surface area contributed by atoms with Crippen LogP contribution in [0.1, 0.15) is 15.9 Å². The molecule has 1 amide bonds. The molecule has 0 spiro atoms. The molecule has 8 heteroatoms. The molecule has 1 saturated heterocycles. The van der Waals surface area contributed by atoms with Crippen LogP contribution in [0.15, 0.2) is 59.5 Å². The van der Waals surface area contributed by atoms with Crippen LogP contribution in [-0.4, -0.2) is 42.1 Å². The van der Waals surface area contributed by atoms with Gasteiger partial charge in [-0.1, -0.05) is 35.9 Å². The fraction of sp³-hybridized carbons (Fsp3) is 0.227. The summed E-state index contributed by atoms with van der Waals surface area (Å²) in [5, 5.41) is 3.46. The Morgan fingerprint density at radius 1 is 1.07 bits per heavy atom. The van der Waals surface area contributed by atoms with Gasteiger partial charge in [0.15, 0.2) is 0 Å². The molecule has 2 aromatic carbocycles. The van der Waals surface area contributed by atoms with Crippen molar-refractivity contribution in [2.24, 2.45) is 0 Å². The molecule has 1 aliphatic rings. The van der Waals surface area contributed by atoms with Crippen molar-refractivity contribution in [3.05, 3.63) is 81.2 Å². The number of aromatic nitrogens is 2. The van der Waals surface area contributed by atoms with Crippen LogP contribution in [0.3, 0.4) is 0 Å². The van der Waals surface area contributed by atoms with E-state index in [-0.39, 0.29) is 5.56 Å². The van der Waals surface area contributed by atoms with E-state index < -0.39 is 11.5 Å². The summed E-state index contributed by atoms with van der Waals surface area (Å²) in [6, 6.07) is 15.2. The number of carbonyl (C=O) groups is 1. The molecule has 3 aromatic rings. The quantitative estimate of drug-likeness (QED) is 0.672. The zero-order valence-electron chi connectivity index (χ0n) is 16.6. The molecule has 2 heterocycles. The minimum absolute atomic E-state index is 0.0186. The van der Waals surface area contributed by atoms with Crippen molar-refractivity contribution >= 4 is 34.8 Å². The Labute approximate surface area is 179 Å². The Balaban J connectivity index is 1.43. The first kappa shape index (κ1) is 20.0. The summed E-state index contributed by atoms with van der Waals surface area (Å²) in [5.41, 5.74) is 2.18. The highest BCUT2D eigenvalue weighted by Gasteiger charge is 2.21. The van der Waals surface area contributed by atoms with Crippen molar-refractivity contribution in [2.45, 2.75) is 6.92 Å². The van der Waals surface area contributed by atoms with Gasteiger partial charge < -0.3 is 15.1 Å². The number of amides is 1. The van der Waals surface area contributed by atoms with Crippen LogP contribution < -0.4 is 20.7 Å². The molecule has 154 valence electrons. The lowest BCUT2D eigenvalue weighted by Crippen LogP contribution is -2.47. The third kappa shape index (κ3) is 4.31. The van der Waals surface area contributed by atoms with Gasteiger partial charge in [0.1, 0.15) is 5.56 Å². The first-order chi connectivity index (χ1) is 14.5. The zero-order chi connectivity index (χ0) is 21.1. The average molecular weight is 424 g/mol. The van der Waals surface area contributed by atoms with E-state index in [9.17, 15) is 9.59 Å². The predicted octanol–water partition coefficient (Wildman–Crippen LogP) is 3.31. The van der Waals surface area contributed by atoms with Gasteiger partial charge >= 0.3 is 0 Å². The second-order valence-corrected chi connectivity index (χ2v) is 7.61. The minimum Gasteiger partial charge on any atom is -0.367 e. The van der Waals surface area contributed by atoms with Gasteiger partial charge in [-0.25, -0.2) is 4.98 Å². The third-order valence-corrected chi connectivity index (χ3v) is 5.40. The Bertz CT molecular complexity index is 1120. The van der Waals surface area contributed by atoms with Crippen LogP contribution >= 0.6 is 11.6 Å². The summed E-state index contributed by atoms with van der Waals surface area (Å²) in [4.78, 5) is 36.2. The van der Waals surface area contributed by atoms with Crippen LogP contribution in [0.5, 0.6) is 0 Å². The standard InChI is InChI=1S/C22H22ClN5O2/c1-15-5-4-6-16(13-15)25-20(29)17-14-24-22(26-21(17)30)28-11-9-27(10-12-28)19-8-3-2-7-18(19)23/h2-8,13-14H,9-12H2,1H3,(H,25,29)(H,24,26,30). The summed E-state index contributed by atoms with van der Waals surface area (Å²) < 4.78 is 0. The molecule has 2 N–H and O–H groups in total. The van der Waals surface area contributed by atoms with Crippen molar-refractivity contribution in [1.82, 2.24) is 9.97 Å². The maximum Gasteiger partial charge on any atom is 0.265 e. The van der Waals surface area contributed by atoms with Crippen LogP contribution in [0.4, 0.5) is 17.3 Å². The molecule has 30 heavy (non-hydrogen) atoms. The molecule has 0 aliphatic carbocycles. The third-order valence-electron chi connectivity index (χ3n) is 5.08. The number of nitrogens with one attached hydrogen (secondary N) is 2. The maximum absolute atomic E-state index is 12.5. The Morgan fingerprint density at radius 2 is 1.80 bits per heavy atom. The Hall–Kier alpha value is -3.32. The van der Waals surface area contributed by atoms with Crippen LogP contribution in [0, 0.1) is 6.92 Å². The van der Waals surface area contributed by atoms with E-state index in [1.807, 2.05) is 54.3 Å². The van der Waals surface area contributed by atoms with E-state index in [1.165, 1.54) is 6.20 Å². The number of anilines is 3. The number of piperazine rings is 1. The van der Waals surface area contributed by atoms with E-state index in [4.69, 9.17) is 11.6 Å². The van der Waals surface area contributed by atoms with Gasteiger partial charge in [-0.05, 0) is 36.8 Å². The highest BCUT2D eigenvalue weighted by atomic mass is 35.5. The number of H-pyrrole nitrogens is 1. The fourth-order valence-electron chi connectivity index (χ4n) is 3.50. The number of benzene rings is 2. The zero-order valence-corrected chi connectivity index (χ0v) is 17.3. The maximum atomic E-state index is 12.5. The van der Waals surface area contributed by atoms with Crippen LogP contribution in [0.25, 0.3) is 0 Å². The van der Waals surface area contributed by atoms with E-state index in [0.29, 0.717) is 24.7 Å². The Morgan fingerprint density at radius 3 is 2.50 bits per heavy atom. The highest BCUT2D eigenvalue weighted by molar-refractivity contribution is 6.33. The molecule has 0 bridgehead atoms. The number of para-hydroxylation sites is 1. The summed E-state index contributed by atoms with van der Waals surface area (Å²) in [7, 11) is 0. The average Bonchev–Trinajstić information content (AvgIpc) is 2.74. The lowest BCUT2D eigenvalue weighted by atomic mass is 10.2. The van der Waals surface area contributed by atoms with Crippen LogP contribution in [-0.2, 0) is 0 Å².